The summed E-state index contributed by atoms with van der Waals surface area (Å²) < 4.78 is 35.4. The van der Waals surface area contributed by atoms with Gasteiger partial charge >= 0.3 is 0 Å². The third kappa shape index (κ3) is 5.14. The second-order valence-corrected chi connectivity index (χ2v) is 13.5. The van der Waals surface area contributed by atoms with Crippen LogP contribution >= 0.6 is 0 Å². The van der Waals surface area contributed by atoms with Gasteiger partial charge in [-0.25, -0.2) is 8.78 Å². The van der Waals surface area contributed by atoms with Crippen LogP contribution in [0, 0.1) is 0 Å². The van der Waals surface area contributed by atoms with Gasteiger partial charge < -0.3 is 15.3 Å². The van der Waals surface area contributed by atoms with E-state index < -0.39 is 12.7 Å². The van der Waals surface area contributed by atoms with E-state index in [1.165, 1.54) is 17.0 Å². The van der Waals surface area contributed by atoms with Crippen LogP contribution in [0.3, 0.4) is 0 Å². The van der Waals surface area contributed by atoms with Crippen LogP contribution in [0.25, 0.3) is 11.1 Å². The molecule has 2 atom stereocenters. The first kappa shape index (κ1) is 29.8. The maximum absolute atomic E-state index is 14.6. The van der Waals surface area contributed by atoms with Crippen molar-refractivity contribution in [3.63, 3.8) is 0 Å². The van der Waals surface area contributed by atoms with Gasteiger partial charge in [-0.2, -0.15) is 15.3 Å². The largest absolute Gasteiger partial charge is 0.379 e. The monoisotopic (exact) mass is 631 g/mol. The predicted octanol–water partition coefficient (Wildman–Crippen LogP) is 4.85. The Morgan fingerprint density at radius 1 is 0.935 bits per heavy atom. The average molecular weight is 632 g/mol. The molecule has 10 nitrogen and oxygen atoms in total. The van der Waals surface area contributed by atoms with E-state index in [2.05, 4.69) is 35.8 Å². The summed E-state index contributed by atoms with van der Waals surface area (Å²) in [5, 5.41) is 28.5. The molecule has 4 aliphatic rings. The van der Waals surface area contributed by atoms with E-state index >= 15 is 0 Å². The Morgan fingerprint density at radius 3 is 2.54 bits per heavy atom. The van der Waals surface area contributed by atoms with Crippen molar-refractivity contribution in [3.8, 4) is 11.1 Å². The Morgan fingerprint density at radius 2 is 1.78 bits per heavy atom. The van der Waals surface area contributed by atoms with Crippen LogP contribution < -0.4 is 10.2 Å². The molecule has 12 heteroatoms. The lowest BCUT2D eigenvalue weighted by Gasteiger charge is -2.34. The van der Waals surface area contributed by atoms with Crippen molar-refractivity contribution in [1.29, 1.82) is 0 Å². The number of aryl methyl sites for hydroxylation is 2. The number of aliphatic hydroxyl groups excluding tert-OH is 1. The van der Waals surface area contributed by atoms with E-state index in [1.54, 1.807) is 30.2 Å². The van der Waals surface area contributed by atoms with Gasteiger partial charge in [0.2, 0.25) is 0 Å². The van der Waals surface area contributed by atoms with Crippen molar-refractivity contribution in [1.82, 2.24) is 39.6 Å². The number of anilines is 2. The van der Waals surface area contributed by atoms with Crippen LogP contribution in [0.15, 0.2) is 30.7 Å². The van der Waals surface area contributed by atoms with Crippen molar-refractivity contribution in [2.75, 3.05) is 31.1 Å². The highest BCUT2D eigenvalue weighted by atomic mass is 19.3. The summed E-state index contributed by atoms with van der Waals surface area (Å²) >= 11 is 0. The second-order valence-electron chi connectivity index (χ2n) is 13.5. The van der Waals surface area contributed by atoms with Gasteiger partial charge in [0.15, 0.2) is 5.82 Å². The van der Waals surface area contributed by atoms with Gasteiger partial charge in [-0.3, -0.25) is 18.9 Å². The van der Waals surface area contributed by atoms with E-state index in [0.29, 0.717) is 30.3 Å². The van der Waals surface area contributed by atoms with Gasteiger partial charge in [-0.15, -0.1) is 0 Å². The van der Waals surface area contributed by atoms with Gasteiger partial charge in [0.25, 0.3) is 6.43 Å². The number of aliphatic hydroxyl groups is 1. The van der Waals surface area contributed by atoms with E-state index in [0.717, 1.165) is 93.6 Å². The molecular formula is C34H43F2N9O. The number of hydrogen-bond donors (Lipinski definition) is 2. The Bertz CT molecular complexity index is 1730. The first-order valence-corrected chi connectivity index (χ1v) is 16.9. The number of benzene rings is 1. The van der Waals surface area contributed by atoms with E-state index in [9.17, 15) is 13.9 Å². The molecule has 8 rings (SSSR count). The highest BCUT2D eigenvalue weighted by Crippen LogP contribution is 2.44. The number of fused-ring (bicyclic) bond motifs is 3. The highest BCUT2D eigenvalue weighted by Gasteiger charge is 2.36. The minimum atomic E-state index is -2.62. The summed E-state index contributed by atoms with van der Waals surface area (Å²) in [6.07, 6.45) is 9.88. The number of nitrogens with one attached hydrogen (secondary N) is 1. The van der Waals surface area contributed by atoms with Crippen molar-refractivity contribution in [2.45, 2.75) is 89.6 Å². The summed E-state index contributed by atoms with van der Waals surface area (Å²) in [5.74, 6) is 0.840. The number of hydrogen-bond acceptors (Lipinski definition) is 7. The minimum absolute atomic E-state index is 0.0168. The van der Waals surface area contributed by atoms with Gasteiger partial charge in [0.1, 0.15) is 6.23 Å². The van der Waals surface area contributed by atoms with Crippen molar-refractivity contribution in [2.24, 2.45) is 7.05 Å². The fraction of sp³-hybridized carbons (Fsp3) is 0.559. The molecule has 0 saturated carbocycles. The maximum atomic E-state index is 14.6. The molecule has 0 amide bonds. The third-order valence-electron chi connectivity index (χ3n) is 10.7. The van der Waals surface area contributed by atoms with Crippen molar-refractivity contribution >= 4 is 11.5 Å². The first-order chi connectivity index (χ1) is 22.4. The van der Waals surface area contributed by atoms with Crippen molar-refractivity contribution in [3.05, 3.63) is 64.4 Å². The maximum Gasteiger partial charge on any atom is 0.264 e. The zero-order valence-corrected chi connectivity index (χ0v) is 26.7. The summed E-state index contributed by atoms with van der Waals surface area (Å²) in [4.78, 5) is 4.24. The van der Waals surface area contributed by atoms with Crippen molar-refractivity contribution < 1.29 is 13.9 Å². The lowest BCUT2D eigenvalue weighted by Crippen LogP contribution is -2.38. The van der Waals surface area contributed by atoms with E-state index in [-0.39, 0.29) is 11.6 Å². The molecule has 0 spiro atoms. The fourth-order valence-corrected chi connectivity index (χ4v) is 8.25. The van der Waals surface area contributed by atoms with Crippen LogP contribution in [0.4, 0.5) is 20.3 Å². The van der Waals surface area contributed by atoms with Gasteiger partial charge in [-0.1, -0.05) is 0 Å². The third-order valence-corrected chi connectivity index (χ3v) is 10.7. The zero-order chi connectivity index (χ0) is 31.5. The molecule has 2 N–H and O–H groups in total. The number of piperidine rings is 1. The molecule has 1 fully saturated rings. The summed E-state index contributed by atoms with van der Waals surface area (Å²) in [7, 11) is 1.80. The second kappa shape index (κ2) is 11.9. The smallest absolute Gasteiger partial charge is 0.264 e. The van der Waals surface area contributed by atoms with Crippen LogP contribution in [0.2, 0.25) is 0 Å². The number of aromatic nitrogens is 6. The molecule has 1 aromatic carbocycles. The van der Waals surface area contributed by atoms with Gasteiger partial charge in [-0.05, 0) is 93.8 Å². The standard InChI is InChI=1S/C34H43F2N9O/c1-21(46)42-13-9-31-29(20-42)34(40-45(31)26-5-6-30-23(14-26)17-39-44(30)25-7-10-37-11-8-25)43-12-3-4-22-15-27(24-18-38-41(2)19-24)28(33(35)36)16-32(22)43/h15-19,21,25-26,33,37,46H,3-14,20H2,1-2H3. The number of nitrogens with zero attached hydrogens (tertiary/aromatic N) is 8. The average Bonchev–Trinajstić information content (AvgIpc) is 3.80. The Labute approximate surface area is 268 Å². The Hall–Kier alpha value is -3.61. The molecule has 3 aliphatic heterocycles. The molecule has 0 radical (unpaired) electrons. The summed E-state index contributed by atoms with van der Waals surface area (Å²) in [6.45, 7) is 5.92. The molecule has 46 heavy (non-hydrogen) atoms. The molecule has 6 heterocycles. The lowest BCUT2D eigenvalue weighted by molar-refractivity contribution is 0.00862. The Kier molecular flexibility index (Phi) is 7.69. The number of rotatable bonds is 6. The first-order valence-electron chi connectivity index (χ1n) is 16.9. The molecule has 2 unspecified atom stereocenters. The van der Waals surface area contributed by atoms with Crippen LogP contribution in [-0.2, 0) is 39.3 Å². The minimum Gasteiger partial charge on any atom is -0.379 e. The van der Waals surface area contributed by atoms with E-state index in [4.69, 9.17) is 10.2 Å². The zero-order valence-electron chi connectivity index (χ0n) is 26.7. The molecule has 4 aromatic rings. The molecule has 3 aromatic heterocycles. The van der Waals surface area contributed by atoms with Gasteiger partial charge in [0, 0.05) is 73.1 Å². The SMILES string of the molecule is CC(O)N1CCc2c(c(N3CCCc4cc(-c5cnn(C)c5)c(C(F)F)cc43)nn2C2CCc3c(cnn3C3CCNCC3)C2)C1. The van der Waals surface area contributed by atoms with Gasteiger partial charge in [0.05, 0.1) is 24.5 Å². The quantitative estimate of drug-likeness (QED) is 0.314. The molecule has 1 aliphatic carbocycles. The molecular weight excluding hydrogens is 588 g/mol. The van der Waals surface area contributed by atoms with Crippen LogP contribution in [-0.4, -0.2) is 71.8 Å². The topological polar surface area (TPSA) is 92.2 Å². The summed E-state index contributed by atoms with van der Waals surface area (Å²) in [6, 6.07) is 4.29. The lowest BCUT2D eigenvalue weighted by atomic mass is 9.92. The van der Waals surface area contributed by atoms with Crippen LogP contribution in [0.1, 0.15) is 84.8 Å². The van der Waals surface area contributed by atoms with Crippen LogP contribution in [0.5, 0.6) is 0 Å². The number of halogens is 2. The summed E-state index contributed by atoms with van der Waals surface area (Å²) in [5.41, 5.74) is 8.12. The van der Waals surface area contributed by atoms with E-state index in [1.807, 2.05) is 13.0 Å². The highest BCUT2D eigenvalue weighted by molar-refractivity contribution is 5.77. The predicted molar refractivity (Wildman–Crippen MR) is 171 cm³/mol. The molecule has 0 bridgehead atoms. The Balaban J connectivity index is 1.18. The molecule has 244 valence electrons. The fourth-order valence-electron chi connectivity index (χ4n) is 8.25. The number of alkyl halides is 2. The molecule has 1 saturated heterocycles. The normalized spacial score (nSPS) is 21.3.